The molecule has 0 saturated heterocycles. The average Bonchev–Trinajstić information content (AvgIpc) is 2.03. The van der Waals surface area contributed by atoms with Gasteiger partial charge in [-0.3, -0.25) is 0 Å². The van der Waals surface area contributed by atoms with Crippen molar-refractivity contribution in [3.63, 3.8) is 0 Å². The van der Waals surface area contributed by atoms with Crippen LogP contribution in [0.3, 0.4) is 0 Å². The van der Waals surface area contributed by atoms with Gasteiger partial charge in [-0.2, -0.15) is 0 Å². The molecule has 1 aromatic rings. The summed E-state index contributed by atoms with van der Waals surface area (Å²) >= 11 is 0. The summed E-state index contributed by atoms with van der Waals surface area (Å²) in [4.78, 5) is 0. The Balaban J connectivity index is 2.79. The Morgan fingerprint density at radius 2 is 1.92 bits per heavy atom. The molecule has 0 bridgehead atoms. The van der Waals surface area contributed by atoms with Gasteiger partial charge in [0.1, 0.15) is 0 Å². The Bertz CT molecular complexity index is 264. The quantitative estimate of drug-likeness (QED) is 0.754. The highest BCUT2D eigenvalue weighted by Gasteiger charge is 2.01. The number of nitrogens with two attached hydrogens (primary N) is 1. The molecule has 1 aromatic carbocycles. The molecule has 1 rings (SSSR count). The fraction of sp³-hybridized carbons (Fsp3) is 0.500. The number of benzene rings is 1. The van der Waals surface area contributed by atoms with Crippen molar-refractivity contribution in [2.75, 3.05) is 0 Å². The van der Waals surface area contributed by atoms with Crippen LogP contribution in [-0.4, -0.2) is 0 Å². The van der Waals surface area contributed by atoms with Crippen LogP contribution in [0.15, 0.2) is 24.3 Å². The molecule has 1 nitrogen and oxygen atoms in total. The summed E-state index contributed by atoms with van der Waals surface area (Å²) in [5.41, 5.74) is 8.44. The van der Waals surface area contributed by atoms with Gasteiger partial charge in [-0.05, 0) is 30.4 Å². The minimum absolute atomic E-state index is 0.145. The van der Waals surface area contributed by atoms with E-state index in [-0.39, 0.29) is 6.04 Å². The lowest BCUT2D eigenvalue weighted by Gasteiger charge is -2.09. The Morgan fingerprint density at radius 1 is 1.23 bits per heavy atom. The molecule has 1 heteroatoms. The standard InChI is InChI=1S/C12H19N/c1-9(2)7-11-5-4-6-12(8-11)10(3)13/h4-6,8-10H,7,13H2,1-3H3. The monoisotopic (exact) mass is 177 g/mol. The van der Waals surface area contributed by atoms with Gasteiger partial charge in [0.25, 0.3) is 0 Å². The van der Waals surface area contributed by atoms with E-state index >= 15 is 0 Å². The van der Waals surface area contributed by atoms with E-state index in [2.05, 4.69) is 38.1 Å². The Labute approximate surface area is 81.0 Å². The third-order valence-electron chi connectivity index (χ3n) is 2.12. The van der Waals surface area contributed by atoms with Crippen molar-refractivity contribution in [2.45, 2.75) is 33.2 Å². The first-order valence-corrected chi connectivity index (χ1v) is 4.94. The van der Waals surface area contributed by atoms with Crippen LogP contribution in [0.25, 0.3) is 0 Å². The summed E-state index contributed by atoms with van der Waals surface area (Å²) in [6.45, 7) is 6.49. The van der Waals surface area contributed by atoms with Gasteiger partial charge in [-0.1, -0.05) is 38.1 Å². The van der Waals surface area contributed by atoms with Gasteiger partial charge in [-0.15, -0.1) is 0 Å². The molecule has 0 spiro atoms. The van der Waals surface area contributed by atoms with Crippen LogP contribution in [0, 0.1) is 5.92 Å². The second-order valence-corrected chi connectivity index (χ2v) is 4.13. The summed E-state index contributed by atoms with van der Waals surface area (Å²) in [6, 6.07) is 8.72. The maximum Gasteiger partial charge on any atom is 0.0266 e. The summed E-state index contributed by atoms with van der Waals surface area (Å²) in [6.07, 6.45) is 1.14. The average molecular weight is 177 g/mol. The van der Waals surface area contributed by atoms with Crippen LogP contribution in [0.4, 0.5) is 0 Å². The molecule has 0 saturated carbocycles. The summed E-state index contributed by atoms with van der Waals surface area (Å²) in [5, 5.41) is 0. The minimum Gasteiger partial charge on any atom is -0.324 e. The first-order valence-electron chi connectivity index (χ1n) is 4.94. The molecule has 72 valence electrons. The van der Waals surface area contributed by atoms with Crippen LogP contribution in [0.2, 0.25) is 0 Å². The molecular formula is C12H19N. The third kappa shape index (κ3) is 3.19. The lowest BCUT2D eigenvalue weighted by atomic mass is 9.99. The molecule has 13 heavy (non-hydrogen) atoms. The zero-order chi connectivity index (χ0) is 9.84. The van der Waals surface area contributed by atoms with Crippen LogP contribution in [0.5, 0.6) is 0 Å². The van der Waals surface area contributed by atoms with Crippen LogP contribution in [-0.2, 0) is 6.42 Å². The number of hydrogen-bond acceptors (Lipinski definition) is 1. The van der Waals surface area contributed by atoms with Crippen molar-refractivity contribution >= 4 is 0 Å². The van der Waals surface area contributed by atoms with Crippen molar-refractivity contribution < 1.29 is 0 Å². The summed E-state index contributed by atoms with van der Waals surface area (Å²) in [5.74, 6) is 0.711. The molecule has 0 aliphatic rings. The minimum atomic E-state index is 0.145. The van der Waals surface area contributed by atoms with Gasteiger partial charge in [0.05, 0.1) is 0 Å². The van der Waals surface area contributed by atoms with Gasteiger partial charge < -0.3 is 5.73 Å². The second kappa shape index (κ2) is 4.43. The molecule has 0 heterocycles. The van der Waals surface area contributed by atoms with E-state index in [1.165, 1.54) is 11.1 Å². The maximum atomic E-state index is 5.81. The Kier molecular flexibility index (Phi) is 3.49. The summed E-state index contributed by atoms with van der Waals surface area (Å²) in [7, 11) is 0. The highest BCUT2D eigenvalue weighted by molar-refractivity contribution is 5.25. The molecule has 1 unspecified atom stereocenters. The largest absolute Gasteiger partial charge is 0.324 e. The molecule has 0 aliphatic heterocycles. The predicted octanol–water partition coefficient (Wildman–Crippen LogP) is 2.90. The molecule has 0 radical (unpaired) electrons. The fourth-order valence-corrected chi connectivity index (χ4v) is 1.47. The topological polar surface area (TPSA) is 26.0 Å². The fourth-order valence-electron chi connectivity index (χ4n) is 1.47. The van der Waals surface area contributed by atoms with Gasteiger partial charge in [-0.25, -0.2) is 0 Å². The normalized spacial score (nSPS) is 13.3. The van der Waals surface area contributed by atoms with Crippen molar-refractivity contribution in [3.8, 4) is 0 Å². The molecule has 0 aromatic heterocycles. The highest BCUT2D eigenvalue weighted by Crippen LogP contribution is 2.14. The van der Waals surface area contributed by atoms with E-state index < -0.39 is 0 Å². The van der Waals surface area contributed by atoms with E-state index in [4.69, 9.17) is 5.73 Å². The van der Waals surface area contributed by atoms with E-state index in [1.807, 2.05) is 6.92 Å². The predicted molar refractivity (Wildman–Crippen MR) is 57.6 cm³/mol. The first kappa shape index (κ1) is 10.3. The van der Waals surface area contributed by atoms with E-state index in [9.17, 15) is 0 Å². The molecular weight excluding hydrogens is 158 g/mol. The van der Waals surface area contributed by atoms with Crippen LogP contribution in [0.1, 0.15) is 37.9 Å². The molecule has 0 fully saturated rings. The van der Waals surface area contributed by atoms with E-state index in [0.717, 1.165) is 6.42 Å². The SMILES string of the molecule is CC(C)Cc1cccc(C(C)N)c1. The third-order valence-corrected chi connectivity index (χ3v) is 2.12. The van der Waals surface area contributed by atoms with Gasteiger partial charge in [0.2, 0.25) is 0 Å². The lowest BCUT2D eigenvalue weighted by molar-refractivity contribution is 0.646. The molecule has 1 atom stereocenters. The second-order valence-electron chi connectivity index (χ2n) is 4.13. The first-order chi connectivity index (χ1) is 6.09. The Hall–Kier alpha value is -0.820. The zero-order valence-corrected chi connectivity index (χ0v) is 8.75. The van der Waals surface area contributed by atoms with Crippen molar-refractivity contribution in [1.82, 2.24) is 0 Å². The smallest absolute Gasteiger partial charge is 0.0266 e. The number of hydrogen-bond donors (Lipinski definition) is 1. The van der Waals surface area contributed by atoms with Crippen molar-refractivity contribution in [1.29, 1.82) is 0 Å². The maximum absolute atomic E-state index is 5.81. The number of rotatable bonds is 3. The van der Waals surface area contributed by atoms with E-state index in [1.54, 1.807) is 0 Å². The van der Waals surface area contributed by atoms with Crippen LogP contribution >= 0.6 is 0 Å². The highest BCUT2D eigenvalue weighted by atomic mass is 14.6. The zero-order valence-electron chi connectivity index (χ0n) is 8.75. The van der Waals surface area contributed by atoms with E-state index in [0.29, 0.717) is 5.92 Å². The molecule has 0 amide bonds. The van der Waals surface area contributed by atoms with Crippen LogP contribution < -0.4 is 5.73 Å². The molecule has 2 N–H and O–H groups in total. The molecule has 0 aliphatic carbocycles. The van der Waals surface area contributed by atoms with Gasteiger partial charge >= 0.3 is 0 Å². The van der Waals surface area contributed by atoms with Crippen molar-refractivity contribution in [2.24, 2.45) is 11.7 Å². The Morgan fingerprint density at radius 3 is 2.46 bits per heavy atom. The van der Waals surface area contributed by atoms with Gasteiger partial charge in [0.15, 0.2) is 0 Å². The van der Waals surface area contributed by atoms with Crippen molar-refractivity contribution in [3.05, 3.63) is 35.4 Å². The van der Waals surface area contributed by atoms with Gasteiger partial charge in [0, 0.05) is 6.04 Å². The summed E-state index contributed by atoms with van der Waals surface area (Å²) < 4.78 is 0. The lowest BCUT2D eigenvalue weighted by Crippen LogP contribution is -2.05.